The zero-order valence-corrected chi connectivity index (χ0v) is 11.8. The number of nitriles is 1. The minimum absolute atomic E-state index is 0.607. The van der Waals surface area contributed by atoms with Gasteiger partial charge in [-0.3, -0.25) is 0 Å². The average Bonchev–Trinajstić information content (AvgIpc) is 2.46. The molecule has 0 aromatic heterocycles. The van der Waals surface area contributed by atoms with Crippen LogP contribution in [0.5, 0.6) is 0 Å². The lowest BCUT2D eigenvalue weighted by Crippen LogP contribution is -2.39. The first kappa shape index (κ1) is 15.6. The van der Waals surface area contributed by atoms with E-state index < -0.39 is 5.54 Å². The molecule has 0 radical (unpaired) electrons. The van der Waals surface area contributed by atoms with Gasteiger partial charge in [-0.25, -0.2) is 0 Å². The van der Waals surface area contributed by atoms with Crippen molar-refractivity contribution in [2.45, 2.75) is 18.9 Å². The Bertz CT molecular complexity index is 402. The van der Waals surface area contributed by atoms with Crippen LogP contribution < -0.4 is 5.73 Å². The van der Waals surface area contributed by atoms with Gasteiger partial charge in [0, 0.05) is 19.7 Å². The Morgan fingerprint density at radius 2 is 2.00 bits per heavy atom. The van der Waals surface area contributed by atoms with Crippen LogP contribution in [0.4, 0.5) is 0 Å². The maximum absolute atomic E-state index is 9.35. The highest BCUT2D eigenvalue weighted by atomic mass is 16.5. The van der Waals surface area contributed by atoms with Crippen LogP contribution >= 0.6 is 0 Å². The fourth-order valence-corrected chi connectivity index (χ4v) is 1.84. The highest BCUT2D eigenvalue weighted by Crippen LogP contribution is 2.21. The molecule has 0 heterocycles. The molecule has 4 heteroatoms. The van der Waals surface area contributed by atoms with Gasteiger partial charge in [-0.2, -0.15) is 5.26 Å². The third-order valence-electron chi connectivity index (χ3n) is 3.20. The lowest BCUT2D eigenvalue weighted by Gasteiger charge is -2.25. The van der Waals surface area contributed by atoms with Gasteiger partial charge in [0.15, 0.2) is 0 Å². The summed E-state index contributed by atoms with van der Waals surface area (Å²) in [5.74, 6) is 0. The summed E-state index contributed by atoms with van der Waals surface area (Å²) in [7, 11) is 2.02. The van der Waals surface area contributed by atoms with Gasteiger partial charge < -0.3 is 15.4 Å². The first-order chi connectivity index (χ1) is 9.12. The lowest BCUT2D eigenvalue weighted by atomic mass is 9.89. The number of hydrogen-bond donors (Lipinski definition) is 1. The molecule has 0 saturated carbocycles. The number of likely N-dealkylation sites (N-methyl/N-ethyl adjacent to an activating group) is 1. The third-order valence-corrected chi connectivity index (χ3v) is 3.20. The van der Waals surface area contributed by atoms with E-state index in [0.717, 1.165) is 25.3 Å². The van der Waals surface area contributed by atoms with E-state index in [0.29, 0.717) is 13.0 Å². The Kier molecular flexibility index (Phi) is 6.51. The van der Waals surface area contributed by atoms with Crippen molar-refractivity contribution in [3.8, 4) is 6.07 Å². The first-order valence-electron chi connectivity index (χ1n) is 6.64. The van der Waals surface area contributed by atoms with Crippen LogP contribution in [0.25, 0.3) is 0 Å². The van der Waals surface area contributed by atoms with Gasteiger partial charge in [-0.05, 0) is 26.0 Å². The van der Waals surface area contributed by atoms with Crippen molar-refractivity contribution in [3.05, 3.63) is 35.9 Å². The van der Waals surface area contributed by atoms with E-state index in [-0.39, 0.29) is 0 Å². The van der Waals surface area contributed by atoms with Crippen molar-refractivity contribution < 1.29 is 4.74 Å². The monoisotopic (exact) mass is 261 g/mol. The van der Waals surface area contributed by atoms with Crippen LogP contribution in [-0.4, -0.2) is 38.3 Å². The van der Waals surface area contributed by atoms with Crippen LogP contribution in [0.3, 0.4) is 0 Å². The molecule has 0 saturated heterocycles. The Labute approximate surface area is 115 Å². The molecule has 1 rings (SSSR count). The smallest absolute Gasteiger partial charge is 0.131 e. The summed E-state index contributed by atoms with van der Waals surface area (Å²) in [6, 6.07) is 11.8. The average molecular weight is 261 g/mol. The number of ether oxygens (including phenoxy) is 1. The van der Waals surface area contributed by atoms with Gasteiger partial charge >= 0.3 is 0 Å². The maximum atomic E-state index is 9.35. The normalized spacial score (nSPS) is 14.1. The number of nitrogens with two attached hydrogens (primary N) is 1. The lowest BCUT2D eigenvalue weighted by molar-refractivity contribution is 0.120. The van der Waals surface area contributed by atoms with Crippen molar-refractivity contribution >= 4 is 0 Å². The molecule has 0 amide bonds. The molecule has 19 heavy (non-hydrogen) atoms. The van der Waals surface area contributed by atoms with E-state index in [1.54, 1.807) is 0 Å². The summed E-state index contributed by atoms with van der Waals surface area (Å²) in [5, 5.41) is 9.35. The second-order valence-electron chi connectivity index (χ2n) is 4.70. The fraction of sp³-hybridized carbons (Fsp3) is 0.533. The molecule has 2 N–H and O–H groups in total. The Morgan fingerprint density at radius 1 is 1.32 bits per heavy atom. The topological polar surface area (TPSA) is 62.3 Å². The molecule has 0 spiro atoms. The maximum Gasteiger partial charge on any atom is 0.131 e. The highest BCUT2D eigenvalue weighted by molar-refractivity contribution is 5.30. The first-order valence-corrected chi connectivity index (χ1v) is 6.64. The van der Waals surface area contributed by atoms with Crippen molar-refractivity contribution in [3.63, 3.8) is 0 Å². The van der Waals surface area contributed by atoms with Crippen LogP contribution in [0.15, 0.2) is 30.3 Å². The van der Waals surface area contributed by atoms with Crippen molar-refractivity contribution in [1.29, 1.82) is 5.26 Å². The van der Waals surface area contributed by atoms with E-state index in [4.69, 9.17) is 10.5 Å². The van der Waals surface area contributed by atoms with Gasteiger partial charge in [0.1, 0.15) is 5.54 Å². The molecule has 1 aromatic carbocycles. The SMILES string of the molecule is CCOCCN(C)CCC(N)(C#N)c1ccccc1. The van der Waals surface area contributed by atoms with Gasteiger partial charge in [0.2, 0.25) is 0 Å². The van der Waals surface area contributed by atoms with Crippen molar-refractivity contribution in [2.75, 3.05) is 33.4 Å². The Hall–Kier alpha value is -1.41. The molecule has 1 atom stereocenters. The Balaban J connectivity index is 2.51. The molecular weight excluding hydrogens is 238 g/mol. The van der Waals surface area contributed by atoms with Gasteiger partial charge in [-0.15, -0.1) is 0 Å². The van der Waals surface area contributed by atoms with Crippen LogP contribution in [0, 0.1) is 11.3 Å². The second-order valence-corrected chi connectivity index (χ2v) is 4.70. The molecule has 0 fully saturated rings. The standard InChI is InChI=1S/C15H23N3O/c1-3-19-12-11-18(2)10-9-15(17,13-16)14-7-5-4-6-8-14/h4-8H,3,9-12,17H2,1-2H3. The predicted octanol–water partition coefficient (Wildman–Crippen LogP) is 1.72. The number of benzene rings is 1. The van der Waals surface area contributed by atoms with E-state index in [1.165, 1.54) is 0 Å². The predicted molar refractivity (Wildman–Crippen MR) is 76.5 cm³/mol. The summed E-state index contributed by atoms with van der Waals surface area (Å²) in [6.45, 7) is 5.05. The van der Waals surface area contributed by atoms with E-state index in [2.05, 4.69) is 11.0 Å². The van der Waals surface area contributed by atoms with E-state index in [9.17, 15) is 5.26 Å². The Morgan fingerprint density at radius 3 is 2.58 bits per heavy atom. The third kappa shape index (κ3) is 4.99. The van der Waals surface area contributed by atoms with Gasteiger partial charge in [0.25, 0.3) is 0 Å². The van der Waals surface area contributed by atoms with E-state index in [1.807, 2.05) is 44.3 Å². The van der Waals surface area contributed by atoms with Gasteiger partial charge in [-0.1, -0.05) is 30.3 Å². The zero-order valence-electron chi connectivity index (χ0n) is 11.8. The summed E-state index contributed by atoms with van der Waals surface area (Å²) < 4.78 is 5.31. The van der Waals surface area contributed by atoms with Crippen LogP contribution in [0.1, 0.15) is 18.9 Å². The largest absolute Gasteiger partial charge is 0.380 e. The molecule has 0 bridgehead atoms. The van der Waals surface area contributed by atoms with Crippen LogP contribution in [-0.2, 0) is 10.3 Å². The molecule has 0 aliphatic rings. The van der Waals surface area contributed by atoms with Gasteiger partial charge in [0.05, 0.1) is 12.7 Å². The molecule has 0 aliphatic heterocycles. The van der Waals surface area contributed by atoms with Crippen molar-refractivity contribution in [2.24, 2.45) is 5.73 Å². The summed E-state index contributed by atoms with van der Waals surface area (Å²) >= 11 is 0. The molecular formula is C15H23N3O. The van der Waals surface area contributed by atoms with Crippen LogP contribution in [0.2, 0.25) is 0 Å². The summed E-state index contributed by atoms with van der Waals surface area (Å²) in [5.41, 5.74) is 6.16. The minimum Gasteiger partial charge on any atom is -0.380 e. The molecule has 0 aliphatic carbocycles. The molecule has 104 valence electrons. The number of nitrogens with zero attached hydrogens (tertiary/aromatic N) is 2. The summed E-state index contributed by atoms with van der Waals surface area (Å²) in [4.78, 5) is 2.14. The number of hydrogen-bond acceptors (Lipinski definition) is 4. The second kappa shape index (κ2) is 7.90. The molecule has 1 unspecified atom stereocenters. The van der Waals surface area contributed by atoms with E-state index >= 15 is 0 Å². The molecule has 1 aromatic rings. The fourth-order valence-electron chi connectivity index (χ4n) is 1.84. The number of rotatable bonds is 8. The highest BCUT2D eigenvalue weighted by Gasteiger charge is 2.26. The molecule has 4 nitrogen and oxygen atoms in total. The quantitative estimate of drug-likeness (QED) is 0.724. The minimum atomic E-state index is -0.916. The summed E-state index contributed by atoms with van der Waals surface area (Å²) in [6.07, 6.45) is 0.607. The van der Waals surface area contributed by atoms with Crippen molar-refractivity contribution in [1.82, 2.24) is 4.90 Å². The zero-order chi connectivity index (χ0) is 14.1.